The maximum absolute atomic E-state index is 12.6. The zero-order valence-electron chi connectivity index (χ0n) is 7.33. The highest BCUT2D eigenvalue weighted by atomic mass is 19.1. The summed E-state index contributed by atoms with van der Waals surface area (Å²) in [6.45, 7) is 0.899. The zero-order valence-corrected chi connectivity index (χ0v) is 7.33. The highest BCUT2D eigenvalue weighted by Crippen LogP contribution is 2.26. The predicted octanol–water partition coefficient (Wildman–Crippen LogP) is 1.83. The second-order valence-corrected chi connectivity index (χ2v) is 3.40. The lowest BCUT2D eigenvalue weighted by Crippen LogP contribution is -2.21. The number of aromatic nitrogens is 2. The molecule has 0 aliphatic heterocycles. The number of rotatable bonds is 3. The molecule has 1 heterocycles. The van der Waals surface area contributed by atoms with Gasteiger partial charge in [0.05, 0.1) is 0 Å². The third-order valence-corrected chi connectivity index (χ3v) is 2.43. The molecule has 1 aliphatic rings. The van der Waals surface area contributed by atoms with Gasteiger partial charge < -0.3 is 5.32 Å². The van der Waals surface area contributed by atoms with Crippen LogP contribution in [0.1, 0.15) is 19.3 Å². The normalized spacial score (nSPS) is 16.7. The van der Waals surface area contributed by atoms with Gasteiger partial charge >= 0.3 is 0 Å². The minimum absolute atomic E-state index is 0.480. The van der Waals surface area contributed by atoms with Crippen LogP contribution in [-0.2, 0) is 0 Å². The van der Waals surface area contributed by atoms with Crippen molar-refractivity contribution in [2.75, 3.05) is 11.9 Å². The van der Waals surface area contributed by atoms with E-state index >= 15 is 0 Å². The summed E-state index contributed by atoms with van der Waals surface area (Å²) in [5.41, 5.74) is 0. The van der Waals surface area contributed by atoms with E-state index in [1.165, 1.54) is 31.7 Å². The second-order valence-electron chi connectivity index (χ2n) is 3.40. The molecule has 2 rings (SSSR count). The molecule has 1 N–H and O–H groups in total. The molecule has 0 aromatic carbocycles. The standard InChI is InChI=1S/C9H12FN3/c10-8-4-9(13-6-12-8)11-5-7-2-1-3-7/h4,6-7H,1-3,5H2,(H,11,12,13). The lowest BCUT2D eigenvalue weighted by atomic mass is 9.85. The van der Waals surface area contributed by atoms with Crippen LogP contribution in [0.3, 0.4) is 0 Å². The Balaban J connectivity index is 1.86. The SMILES string of the molecule is Fc1cc(NCC2CCC2)ncn1. The molecule has 1 aromatic heterocycles. The van der Waals surface area contributed by atoms with Crippen LogP contribution in [0.2, 0.25) is 0 Å². The quantitative estimate of drug-likeness (QED) is 0.723. The molecule has 1 saturated carbocycles. The highest BCUT2D eigenvalue weighted by molar-refractivity contribution is 5.32. The molecule has 1 aliphatic carbocycles. The molecule has 4 heteroatoms. The minimum atomic E-state index is -0.480. The molecule has 0 saturated heterocycles. The molecule has 1 fully saturated rings. The Hall–Kier alpha value is -1.19. The maximum atomic E-state index is 12.6. The molecule has 0 atom stereocenters. The number of nitrogens with zero attached hydrogens (tertiary/aromatic N) is 2. The smallest absolute Gasteiger partial charge is 0.217 e. The summed E-state index contributed by atoms with van der Waals surface area (Å²) < 4.78 is 12.6. The molecular weight excluding hydrogens is 169 g/mol. The topological polar surface area (TPSA) is 37.8 Å². The van der Waals surface area contributed by atoms with Gasteiger partial charge in [0.1, 0.15) is 12.1 Å². The van der Waals surface area contributed by atoms with Crippen LogP contribution in [0.4, 0.5) is 10.2 Å². The van der Waals surface area contributed by atoms with Crippen molar-refractivity contribution in [3.8, 4) is 0 Å². The van der Waals surface area contributed by atoms with Crippen molar-refractivity contribution in [3.05, 3.63) is 18.3 Å². The Morgan fingerprint density at radius 3 is 2.92 bits per heavy atom. The van der Waals surface area contributed by atoms with E-state index in [1.807, 2.05) is 0 Å². The Kier molecular flexibility index (Phi) is 2.38. The second kappa shape index (κ2) is 3.68. The van der Waals surface area contributed by atoms with Crippen LogP contribution in [0, 0.1) is 11.9 Å². The summed E-state index contributed by atoms with van der Waals surface area (Å²) in [5, 5.41) is 3.10. The van der Waals surface area contributed by atoms with Crippen LogP contribution in [0.15, 0.2) is 12.4 Å². The van der Waals surface area contributed by atoms with Crippen LogP contribution < -0.4 is 5.32 Å². The lowest BCUT2D eigenvalue weighted by Gasteiger charge is -2.25. The van der Waals surface area contributed by atoms with Crippen molar-refractivity contribution in [2.45, 2.75) is 19.3 Å². The third kappa shape index (κ3) is 2.14. The van der Waals surface area contributed by atoms with E-state index in [1.54, 1.807) is 0 Å². The summed E-state index contributed by atoms with van der Waals surface area (Å²) in [6.07, 6.45) is 5.12. The van der Waals surface area contributed by atoms with Gasteiger partial charge in [-0.05, 0) is 18.8 Å². The fraction of sp³-hybridized carbons (Fsp3) is 0.556. The van der Waals surface area contributed by atoms with E-state index in [0.29, 0.717) is 5.82 Å². The van der Waals surface area contributed by atoms with Gasteiger partial charge in [0.15, 0.2) is 0 Å². The van der Waals surface area contributed by atoms with Gasteiger partial charge in [-0.3, -0.25) is 0 Å². The highest BCUT2D eigenvalue weighted by Gasteiger charge is 2.16. The van der Waals surface area contributed by atoms with Gasteiger partial charge in [0.25, 0.3) is 0 Å². The number of hydrogen-bond donors (Lipinski definition) is 1. The van der Waals surface area contributed by atoms with E-state index in [9.17, 15) is 4.39 Å². The molecule has 0 radical (unpaired) electrons. The Labute approximate surface area is 76.4 Å². The molecule has 0 unspecified atom stereocenters. The van der Waals surface area contributed by atoms with Crippen molar-refractivity contribution in [1.29, 1.82) is 0 Å². The fourth-order valence-corrected chi connectivity index (χ4v) is 1.38. The van der Waals surface area contributed by atoms with Crippen LogP contribution in [0.25, 0.3) is 0 Å². The van der Waals surface area contributed by atoms with Gasteiger partial charge in [-0.25, -0.2) is 9.97 Å². The van der Waals surface area contributed by atoms with E-state index in [-0.39, 0.29) is 0 Å². The summed E-state index contributed by atoms with van der Waals surface area (Å²) in [5.74, 6) is 0.850. The molecule has 1 aromatic rings. The third-order valence-electron chi connectivity index (χ3n) is 2.43. The van der Waals surface area contributed by atoms with Crippen LogP contribution >= 0.6 is 0 Å². The average Bonchev–Trinajstić information content (AvgIpc) is 2.01. The Morgan fingerprint density at radius 1 is 1.46 bits per heavy atom. The average molecular weight is 181 g/mol. The van der Waals surface area contributed by atoms with E-state index < -0.39 is 5.95 Å². The summed E-state index contributed by atoms with van der Waals surface area (Å²) >= 11 is 0. The summed E-state index contributed by atoms with van der Waals surface area (Å²) in [4.78, 5) is 7.29. The summed E-state index contributed by atoms with van der Waals surface area (Å²) in [6, 6.07) is 1.32. The van der Waals surface area contributed by atoms with Crippen LogP contribution in [0.5, 0.6) is 0 Å². The largest absolute Gasteiger partial charge is 0.370 e. The van der Waals surface area contributed by atoms with Crippen molar-refractivity contribution in [2.24, 2.45) is 5.92 Å². The number of nitrogens with one attached hydrogen (secondary N) is 1. The molecule has 0 spiro atoms. The first-order valence-electron chi connectivity index (χ1n) is 4.56. The van der Waals surface area contributed by atoms with Crippen LogP contribution in [-0.4, -0.2) is 16.5 Å². The Morgan fingerprint density at radius 2 is 2.31 bits per heavy atom. The fourth-order valence-electron chi connectivity index (χ4n) is 1.38. The first kappa shape index (κ1) is 8.41. The predicted molar refractivity (Wildman–Crippen MR) is 47.8 cm³/mol. The van der Waals surface area contributed by atoms with Crippen molar-refractivity contribution >= 4 is 5.82 Å². The van der Waals surface area contributed by atoms with Gasteiger partial charge in [0, 0.05) is 12.6 Å². The van der Waals surface area contributed by atoms with E-state index in [4.69, 9.17) is 0 Å². The zero-order chi connectivity index (χ0) is 9.10. The monoisotopic (exact) mass is 181 g/mol. The lowest BCUT2D eigenvalue weighted by molar-refractivity contribution is 0.333. The number of halogens is 1. The van der Waals surface area contributed by atoms with Crippen molar-refractivity contribution in [3.63, 3.8) is 0 Å². The van der Waals surface area contributed by atoms with Gasteiger partial charge in [-0.15, -0.1) is 0 Å². The van der Waals surface area contributed by atoms with Gasteiger partial charge in [0.2, 0.25) is 5.95 Å². The number of hydrogen-bond acceptors (Lipinski definition) is 3. The first-order chi connectivity index (χ1) is 6.34. The first-order valence-corrected chi connectivity index (χ1v) is 4.56. The van der Waals surface area contributed by atoms with Gasteiger partial charge in [-0.2, -0.15) is 4.39 Å². The Bertz CT molecular complexity index is 286. The molecule has 3 nitrogen and oxygen atoms in total. The van der Waals surface area contributed by atoms with Crippen molar-refractivity contribution in [1.82, 2.24) is 9.97 Å². The molecule has 70 valence electrons. The number of anilines is 1. The molecule has 0 bridgehead atoms. The molecule has 0 amide bonds. The van der Waals surface area contributed by atoms with Gasteiger partial charge in [-0.1, -0.05) is 6.42 Å². The summed E-state index contributed by atoms with van der Waals surface area (Å²) in [7, 11) is 0. The minimum Gasteiger partial charge on any atom is -0.370 e. The van der Waals surface area contributed by atoms with E-state index in [0.717, 1.165) is 12.5 Å². The molecular formula is C9H12FN3. The van der Waals surface area contributed by atoms with E-state index in [2.05, 4.69) is 15.3 Å². The maximum Gasteiger partial charge on any atom is 0.217 e. The molecule has 13 heavy (non-hydrogen) atoms. The van der Waals surface area contributed by atoms with Crippen molar-refractivity contribution < 1.29 is 4.39 Å².